The first-order valence-corrected chi connectivity index (χ1v) is 5.53. The molecule has 2 N–H and O–H groups in total. The lowest BCUT2D eigenvalue weighted by Gasteiger charge is -2.23. The van der Waals surface area contributed by atoms with Crippen LogP contribution in [0.2, 0.25) is 0 Å². The molecule has 17 heavy (non-hydrogen) atoms. The van der Waals surface area contributed by atoms with Gasteiger partial charge in [-0.1, -0.05) is 6.07 Å². The second-order valence-corrected chi connectivity index (χ2v) is 3.84. The van der Waals surface area contributed by atoms with E-state index in [-0.39, 0.29) is 6.61 Å². The van der Waals surface area contributed by atoms with E-state index in [1.54, 1.807) is 12.4 Å². The largest absolute Gasteiger partial charge is 0.394 e. The normalized spacial score (nSPS) is 12.4. The predicted molar refractivity (Wildman–Crippen MR) is 62.8 cm³/mol. The van der Waals surface area contributed by atoms with E-state index in [1.807, 2.05) is 17.0 Å². The highest BCUT2D eigenvalue weighted by molar-refractivity contribution is 5.08. The lowest BCUT2D eigenvalue weighted by atomic mass is 10.2. The zero-order chi connectivity index (χ0) is 12.5. The maximum atomic E-state index is 9.42. The molecule has 0 fully saturated rings. The highest BCUT2D eigenvalue weighted by Gasteiger charge is 2.11. The summed E-state index contributed by atoms with van der Waals surface area (Å²) in [6.45, 7) is 1.28. The van der Waals surface area contributed by atoms with Crippen LogP contribution in [-0.2, 0) is 6.54 Å². The Morgan fingerprint density at radius 1 is 1.53 bits per heavy atom. The molecule has 0 bridgehead atoms. The molecular formula is C12H17N3O2. The number of aliphatic hydroxyl groups is 2. The van der Waals surface area contributed by atoms with Gasteiger partial charge in [-0.2, -0.15) is 5.26 Å². The second kappa shape index (κ2) is 7.74. The first-order valence-electron chi connectivity index (χ1n) is 5.53. The Morgan fingerprint density at radius 3 is 2.94 bits per heavy atom. The maximum Gasteiger partial charge on any atom is 0.0897 e. The molecule has 0 saturated heterocycles. The molecule has 0 aliphatic carbocycles. The Morgan fingerprint density at radius 2 is 2.35 bits per heavy atom. The van der Waals surface area contributed by atoms with Gasteiger partial charge in [0.2, 0.25) is 0 Å². The number of aliphatic hydroxyl groups excluding tert-OH is 2. The number of pyridine rings is 1. The molecular weight excluding hydrogens is 218 g/mol. The molecule has 1 aromatic heterocycles. The van der Waals surface area contributed by atoms with E-state index in [0.29, 0.717) is 26.1 Å². The minimum atomic E-state index is -0.773. The van der Waals surface area contributed by atoms with Gasteiger partial charge < -0.3 is 10.2 Å². The Labute approximate surface area is 101 Å². The highest BCUT2D eigenvalue weighted by Crippen LogP contribution is 2.04. The van der Waals surface area contributed by atoms with Gasteiger partial charge in [0.05, 0.1) is 18.8 Å². The average molecular weight is 235 g/mol. The van der Waals surface area contributed by atoms with E-state index >= 15 is 0 Å². The van der Waals surface area contributed by atoms with Crippen LogP contribution in [0.3, 0.4) is 0 Å². The van der Waals surface area contributed by atoms with Crippen molar-refractivity contribution >= 4 is 0 Å². The second-order valence-electron chi connectivity index (χ2n) is 3.84. The summed E-state index contributed by atoms with van der Waals surface area (Å²) in [6, 6.07) is 5.86. The predicted octanol–water partition coefficient (Wildman–Crippen LogP) is 0.150. The van der Waals surface area contributed by atoms with Crippen molar-refractivity contribution in [1.82, 2.24) is 9.88 Å². The molecule has 0 spiro atoms. The third-order valence-corrected chi connectivity index (χ3v) is 2.35. The number of aromatic nitrogens is 1. The summed E-state index contributed by atoms with van der Waals surface area (Å²) in [6.07, 6.45) is 3.08. The van der Waals surface area contributed by atoms with E-state index in [0.717, 1.165) is 5.56 Å². The molecule has 1 heterocycles. The van der Waals surface area contributed by atoms with Crippen LogP contribution in [0.4, 0.5) is 0 Å². The standard InChI is InChI=1S/C12H17N3O2/c13-4-2-6-15(9-12(17)10-16)8-11-3-1-5-14-7-11/h1,3,5,7,12,16-17H,2,6,8-10H2. The van der Waals surface area contributed by atoms with Gasteiger partial charge in [0.1, 0.15) is 0 Å². The molecule has 1 aromatic rings. The van der Waals surface area contributed by atoms with Crippen molar-refractivity contribution in [1.29, 1.82) is 5.26 Å². The molecule has 5 heteroatoms. The van der Waals surface area contributed by atoms with Crippen LogP contribution in [0.15, 0.2) is 24.5 Å². The zero-order valence-electron chi connectivity index (χ0n) is 9.66. The number of nitriles is 1. The summed E-state index contributed by atoms with van der Waals surface area (Å²) in [7, 11) is 0. The summed E-state index contributed by atoms with van der Waals surface area (Å²) in [5.41, 5.74) is 1.02. The smallest absolute Gasteiger partial charge is 0.0897 e. The van der Waals surface area contributed by atoms with E-state index in [4.69, 9.17) is 10.4 Å². The number of rotatable bonds is 7. The van der Waals surface area contributed by atoms with Gasteiger partial charge in [0.25, 0.3) is 0 Å². The summed E-state index contributed by atoms with van der Waals surface area (Å²) < 4.78 is 0. The summed E-state index contributed by atoms with van der Waals surface area (Å²) in [5, 5.41) is 26.8. The highest BCUT2D eigenvalue weighted by atomic mass is 16.3. The topological polar surface area (TPSA) is 80.4 Å². The molecule has 0 aliphatic heterocycles. The van der Waals surface area contributed by atoms with Crippen LogP contribution < -0.4 is 0 Å². The molecule has 1 atom stereocenters. The molecule has 1 rings (SSSR count). The van der Waals surface area contributed by atoms with Gasteiger partial charge in [-0.25, -0.2) is 0 Å². The minimum absolute atomic E-state index is 0.268. The SMILES string of the molecule is N#CCCN(Cc1cccnc1)CC(O)CO. The molecule has 5 nitrogen and oxygen atoms in total. The van der Waals surface area contributed by atoms with Gasteiger partial charge in [-0.05, 0) is 11.6 Å². The lowest BCUT2D eigenvalue weighted by molar-refractivity contribution is 0.0574. The van der Waals surface area contributed by atoms with Crippen LogP contribution in [0, 0.1) is 11.3 Å². The Kier molecular flexibility index (Phi) is 6.18. The van der Waals surface area contributed by atoms with Crippen molar-refractivity contribution in [3.05, 3.63) is 30.1 Å². The van der Waals surface area contributed by atoms with Crippen molar-refractivity contribution in [3.63, 3.8) is 0 Å². The molecule has 1 unspecified atom stereocenters. The third kappa shape index (κ3) is 5.41. The van der Waals surface area contributed by atoms with Gasteiger partial charge >= 0.3 is 0 Å². The van der Waals surface area contributed by atoms with E-state index in [2.05, 4.69) is 11.1 Å². The van der Waals surface area contributed by atoms with Gasteiger partial charge in [-0.3, -0.25) is 9.88 Å². The summed E-state index contributed by atoms with van der Waals surface area (Å²) >= 11 is 0. The zero-order valence-corrected chi connectivity index (χ0v) is 9.66. The van der Waals surface area contributed by atoms with Crippen LogP contribution in [0.1, 0.15) is 12.0 Å². The summed E-state index contributed by atoms with van der Waals surface area (Å²) in [4.78, 5) is 5.95. The molecule has 0 amide bonds. The average Bonchev–Trinajstić information content (AvgIpc) is 2.37. The van der Waals surface area contributed by atoms with Crippen molar-refractivity contribution in [3.8, 4) is 6.07 Å². The van der Waals surface area contributed by atoms with Crippen LogP contribution in [0.5, 0.6) is 0 Å². The van der Waals surface area contributed by atoms with Crippen LogP contribution in [-0.4, -0.2) is 45.9 Å². The van der Waals surface area contributed by atoms with Gasteiger partial charge in [-0.15, -0.1) is 0 Å². The quantitative estimate of drug-likeness (QED) is 0.703. The van der Waals surface area contributed by atoms with Gasteiger partial charge in [0.15, 0.2) is 0 Å². The first kappa shape index (κ1) is 13.6. The molecule has 0 aliphatic rings. The molecule has 0 radical (unpaired) electrons. The first-order chi connectivity index (χ1) is 8.26. The fourth-order valence-electron chi connectivity index (χ4n) is 1.55. The fourth-order valence-corrected chi connectivity index (χ4v) is 1.55. The maximum absolute atomic E-state index is 9.42. The minimum Gasteiger partial charge on any atom is -0.394 e. The summed E-state index contributed by atoms with van der Waals surface area (Å²) in [5.74, 6) is 0. The third-order valence-electron chi connectivity index (χ3n) is 2.35. The van der Waals surface area contributed by atoms with Crippen molar-refractivity contribution in [2.75, 3.05) is 19.7 Å². The Balaban J connectivity index is 2.54. The number of hydrogen-bond donors (Lipinski definition) is 2. The van der Waals surface area contributed by atoms with Crippen LogP contribution >= 0.6 is 0 Å². The van der Waals surface area contributed by atoms with Gasteiger partial charge in [0, 0.05) is 38.4 Å². The van der Waals surface area contributed by atoms with Crippen LogP contribution in [0.25, 0.3) is 0 Å². The fraction of sp³-hybridized carbons (Fsp3) is 0.500. The monoisotopic (exact) mass is 235 g/mol. The lowest BCUT2D eigenvalue weighted by Crippen LogP contribution is -2.34. The van der Waals surface area contributed by atoms with E-state index < -0.39 is 6.10 Å². The molecule has 92 valence electrons. The molecule has 0 aromatic carbocycles. The van der Waals surface area contributed by atoms with Crippen molar-refractivity contribution < 1.29 is 10.2 Å². The number of hydrogen-bond acceptors (Lipinski definition) is 5. The van der Waals surface area contributed by atoms with E-state index in [9.17, 15) is 5.11 Å². The Bertz CT molecular complexity index is 351. The Hall–Kier alpha value is -1.48. The molecule has 0 saturated carbocycles. The van der Waals surface area contributed by atoms with Crippen molar-refractivity contribution in [2.45, 2.75) is 19.1 Å². The van der Waals surface area contributed by atoms with Crippen molar-refractivity contribution in [2.24, 2.45) is 0 Å². The van der Waals surface area contributed by atoms with E-state index in [1.165, 1.54) is 0 Å². The number of nitrogens with zero attached hydrogens (tertiary/aromatic N) is 3.